The van der Waals surface area contributed by atoms with E-state index in [0.29, 0.717) is 0 Å². The molecule has 0 fully saturated rings. The van der Waals surface area contributed by atoms with Crippen molar-refractivity contribution in [2.24, 2.45) is 0 Å². The second-order valence-corrected chi connectivity index (χ2v) is 13.3. The number of anilines is 8. The summed E-state index contributed by atoms with van der Waals surface area (Å²) in [5.74, 6) is 0. The van der Waals surface area contributed by atoms with Crippen molar-refractivity contribution in [1.29, 1.82) is 0 Å². The summed E-state index contributed by atoms with van der Waals surface area (Å²) in [6, 6.07) is 54.0. The average molecular weight is 655 g/mol. The van der Waals surface area contributed by atoms with Gasteiger partial charge >= 0.3 is 0 Å². The molecule has 8 rings (SSSR count). The van der Waals surface area contributed by atoms with Crippen LogP contribution in [0.2, 0.25) is 0 Å². The maximum absolute atomic E-state index is 2.62. The van der Waals surface area contributed by atoms with Crippen molar-refractivity contribution in [2.45, 2.75) is 65.7 Å². The fraction of sp³-hybridized carbons (Fsp3) is 0.217. The van der Waals surface area contributed by atoms with Crippen molar-refractivity contribution in [3.8, 4) is 0 Å². The summed E-state index contributed by atoms with van der Waals surface area (Å²) in [5.41, 5.74) is 15.4. The van der Waals surface area contributed by atoms with Crippen molar-refractivity contribution in [1.82, 2.24) is 0 Å². The lowest BCUT2D eigenvalue weighted by atomic mass is 10.0. The molecule has 0 atom stereocenters. The Labute approximate surface area is 297 Å². The molecule has 2 aliphatic rings. The number of nitrogens with zero attached hydrogens (tertiary/aromatic N) is 4. The number of hydrogen-bond donors (Lipinski definition) is 0. The Kier molecular flexibility index (Phi) is 8.54. The van der Waals surface area contributed by atoms with Crippen LogP contribution in [-0.2, 0) is 25.7 Å². The number of rotatable bonds is 9. The van der Waals surface area contributed by atoms with E-state index in [1.807, 2.05) is 0 Å². The highest BCUT2D eigenvalue weighted by molar-refractivity contribution is 5.95. The number of hydrogen-bond acceptors (Lipinski definition) is 4. The molecular weight excluding hydrogens is 609 g/mol. The van der Waals surface area contributed by atoms with Gasteiger partial charge < -0.3 is 19.6 Å². The highest BCUT2D eigenvalue weighted by Gasteiger charge is 2.52. The van der Waals surface area contributed by atoms with E-state index in [0.717, 1.165) is 25.7 Å². The zero-order chi connectivity index (χ0) is 34.2. The first-order valence-corrected chi connectivity index (χ1v) is 18.3. The molecule has 2 heterocycles. The van der Waals surface area contributed by atoms with Crippen LogP contribution in [0.5, 0.6) is 0 Å². The molecule has 0 amide bonds. The van der Waals surface area contributed by atoms with Gasteiger partial charge in [-0.3, -0.25) is 0 Å². The Morgan fingerprint density at radius 2 is 0.520 bits per heavy atom. The molecule has 0 spiro atoms. The van der Waals surface area contributed by atoms with Gasteiger partial charge in [-0.25, -0.2) is 0 Å². The van der Waals surface area contributed by atoms with Gasteiger partial charge in [0, 0.05) is 22.7 Å². The van der Waals surface area contributed by atoms with Crippen LogP contribution in [0.1, 0.15) is 49.9 Å². The van der Waals surface area contributed by atoms with E-state index in [2.05, 4.69) is 193 Å². The van der Waals surface area contributed by atoms with Gasteiger partial charge in [0.1, 0.15) is 0 Å². The van der Waals surface area contributed by atoms with Crippen molar-refractivity contribution in [3.63, 3.8) is 0 Å². The molecule has 4 nitrogen and oxygen atoms in total. The lowest BCUT2D eigenvalue weighted by molar-refractivity contribution is 0.550. The predicted molar refractivity (Wildman–Crippen MR) is 212 cm³/mol. The Bertz CT molecular complexity index is 1780. The van der Waals surface area contributed by atoms with Gasteiger partial charge in [-0.2, -0.15) is 0 Å². The van der Waals surface area contributed by atoms with Crippen molar-refractivity contribution < 1.29 is 0 Å². The van der Waals surface area contributed by atoms with Gasteiger partial charge in [-0.05, 0) is 121 Å². The minimum atomic E-state index is -0.144. The standard InChI is InChI=1S/C46H46N4/c1-5-33-29-41-42(30-34(33)6-2)48(38-23-15-10-16-24-38)45(47(41)37-21-13-9-14-22-37)46-49(39-25-17-11-18-26-39)43-31-35(7-3)36(8-4)32-44(43)50(46)40-27-19-12-20-28-40/h9-32,45-46H,5-8H2,1-4H3. The van der Waals surface area contributed by atoms with Crippen molar-refractivity contribution >= 4 is 45.5 Å². The van der Waals surface area contributed by atoms with Crippen LogP contribution < -0.4 is 19.6 Å². The van der Waals surface area contributed by atoms with Crippen LogP contribution in [0.15, 0.2) is 146 Å². The minimum Gasteiger partial charge on any atom is -0.314 e. The first-order chi connectivity index (χ1) is 24.7. The third kappa shape index (κ3) is 5.22. The van der Waals surface area contributed by atoms with E-state index in [1.54, 1.807) is 0 Å². The third-order valence-corrected chi connectivity index (χ3v) is 10.6. The molecule has 0 saturated heterocycles. The maximum Gasteiger partial charge on any atom is 0.151 e. The fourth-order valence-electron chi connectivity index (χ4n) is 8.27. The molecule has 0 N–H and O–H groups in total. The molecule has 4 heteroatoms. The van der Waals surface area contributed by atoms with Gasteiger partial charge in [0.25, 0.3) is 0 Å². The highest BCUT2D eigenvalue weighted by atomic mass is 15.5. The Balaban J connectivity index is 1.48. The Morgan fingerprint density at radius 3 is 0.700 bits per heavy atom. The average Bonchev–Trinajstić information content (AvgIpc) is 3.69. The monoisotopic (exact) mass is 654 g/mol. The van der Waals surface area contributed by atoms with Gasteiger partial charge in [0.15, 0.2) is 12.3 Å². The van der Waals surface area contributed by atoms with Crippen LogP contribution in [0.25, 0.3) is 0 Å². The summed E-state index contributed by atoms with van der Waals surface area (Å²) in [4.78, 5) is 10.5. The van der Waals surface area contributed by atoms with Crippen LogP contribution in [0.4, 0.5) is 45.5 Å². The van der Waals surface area contributed by atoms with E-state index in [4.69, 9.17) is 0 Å². The normalized spacial score (nSPS) is 14.4. The van der Waals surface area contributed by atoms with Crippen molar-refractivity contribution in [3.05, 3.63) is 168 Å². The predicted octanol–water partition coefficient (Wildman–Crippen LogP) is 11.9. The molecule has 6 aromatic carbocycles. The quantitative estimate of drug-likeness (QED) is 0.154. The molecule has 0 bridgehead atoms. The SMILES string of the molecule is CCc1cc2c(cc1CC)N(c1ccccc1)C(C1N(c3ccccc3)c3cc(CC)c(CC)cc3N1c1ccccc1)N2c1ccccc1. The van der Waals surface area contributed by atoms with Crippen LogP contribution >= 0.6 is 0 Å². The second kappa shape index (κ2) is 13.4. The maximum atomic E-state index is 2.62. The number of benzene rings is 6. The first-order valence-electron chi connectivity index (χ1n) is 18.3. The van der Waals surface area contributed by atoms with E-state index in [9.17, 15) is 0 Å². The van der Waals surface area contributed by atoms with Gasteiger partial charge in [-0.15, -0.1) is 0 Å². The van der Waals surface area contributed by atoms with E-state index < -0.39 is 0 Å². The zero-order valence-corrected chi connectivity index (χ0v) is 29.6. The summed E-state index contributed by atoms with van der Waals surface area (Å²) in [5, 5.41) is 0. The summed E-state index contributed by atoms with van der Waals surface area (Å²) >= 11 is 0. The molecule has 0 saturated carbocycles. The van der Waals surface area contributed by atoms with Crippen LogP contribution in [0, 0.1) is 0 Å². The third-order valence-electron chi connectivity index (χ3n) is 10.6. The minimum absolute atomic E-state index is 0.144. The Hall–Kier alpha value is -5.48. The molecule has 0 aliphatic carbocycles. The molecule has 6 aromatic rings. The molecule has 2 aliphatic heterocycles. The molecular formula is C46H46N4. The topological polar surface area (TPSA) is 13.0 Å². The van der Waals surface area contributed by atoms with Crippen LogP contribution in [0.3, 0.4) is 0 Å². The van der Waals surface area contributed by atoms with Crippen molar-refractivity contribution in [2.75, 3.05) is 19.6 Å². The first kappa shape index (κ1) is 31.8. The van der Waals surface area contributed by atoms with Gasteiger partial charge in [-0.1, -0.05) is 100 Å². The zero-order valence-electron chi connectivity index (χ0n) is 29.6. The second-order valence-electron chi connectivity index (χ2n) is 13.3. The lowest BCUT2D eigenvalue weighted by Crippen LogP contribution is -2.58. The smallest absolute Gasteiger partial charge is 0.151 e. The molecule has 0 aromatic heterocycles. The van der Waals surface area contributed by atoms with E-state index in [-0.39, 0.29) is 12.3 Å². The Morgan fingerprint density at radius 1 is 0.320 bits per heavy atom. The van der Waals surface area contributed by atoms with E-state index in [1.165, 1.54) is 67.8 Å². The van der Waals surface area contributed by atoms with Crippen LogP contribution in [-0.4, -0.2) is 12.3 Å². The summed E-state index contributed by atoms with van der Waals surface area (Å²) in [7, 11) is 0. The summed E-state index contributed by atoms with van der Waals surface area (Å²) in [6.45, 7) is 9.14. The molecule has 50 heavy (non-hydrogen) atoms. The lowest BCUT2D eigenvalue weighted by Gasteiger charge is -2.44. The largest absolute Gasteiger partial charge is 0.314 e. The summed E-state index contributed by atoms with van der Waals surface area (Å²) < 4.78 is 0. The molecule has 0 unspecified atom stereocenters. The number of aryl methyl sites for hydroxylation is 4. The number of fused-ring (bicyclic) bond motifs is 2. The molecule has 0 radical (unpaired) electrons. The summed E-state index contributed by atoms with van der Waals surface area (Å²) in [6.07, 6.45) is 3.70. The number of para-hydroxylation sites is 4. The fourth-order valence-corrected chi connectivity index (χ4v) is 8.27. The van der Waals surface area contributed by atoms with Gasteiger partial charge in [0.05, 0.1) is 22.7 Å². The van der Waals surface area contributed by atoms with Gasteiger partial charge in [0.2, 0.25) is 0 Å². The van der Waals surface area contributed by atoms with E-state index >= 15 is 0 Å². The highest BCUT2D eigenvalue weighted by Crippen LogP contribution is 2.56. The molecule has 250 valence electrons.